The second-order valence-electron chi connectivity index (χ2n) is 4.42. The van der Waals surface area contributed by atoms with E-state index in [9.17, 15) is 0 Å². The van der Waals surface area contributed by atoms with Crippen molar-refractivity contribution in [1.29, 1.82) is 0 Å². The van der Waals surface area contributed by atoms with E-state index in [1.807, 2.05) is 0 Å². The molecule has 0 spiro atoms. The SMILES string of the molecule is S=c1[nH]ncn1/N=C\c1ccc(COc2ccc(Cl)cc2Cl)o1. The molecule has 0 saturated heterocycles. The summed E-state index contributed by atoms with van der Waals surface area (Å²) in [6.07, 6.45) is 3.00. The van der Waals surface area contributed by atoms with Crippen molar-refractivity contribution in [2.75, 3.05) is 0 Å². The van der Waals surface area contributed by atoms with Gasteiger partial charge < -0.3 is 9.15 Å². The highest BCUT2D eigenvalue weighted by Gasteiger charge is 2.05. The molecule has 1 N–H and O–H groups in total. The van der Waals surface area contributed by atoms with Crippen molar-refractivity contribution in [3.05, 3.63) is 63.0 Å². The zero-order chi connectivity index (χ0) is 16.2. The Labute approximate surface area is 146 Å². The summed E-state index contributed by atoms with van der Waals surface area (Å²) in [5.74, 6) is 1.73. The third-order valence-electron chi connectivity index (χ3n) is 2.79. The minimum Gasteiger partial charge on any atom is -0.484 e. The van der Waals surface area contributed by atoms with Crippen LogP contribution in [0.15, 0.2) is 46.2 Å². The molecule has 0 fully saturated rings. The average molecular weight is 369 g/mol. The van der Waals surface area contributed by atoms with E-state index in [-0.39, 0.29) is 6.61 Å². The zero-order valence-electron chi connectivity index (χ0n) is 11.6. The van der Waals surface area contributed by atoms with Gasteiger partial charge in [0.25, 0.3) is 0 Å². The van der Waals surface area contributed by atoms with Gasteiger partial charge in [0, 0.05) is 5.02 Å². The van der Waals surface area contributed by atoms with Gasteiger partial charge in [-0.05, 0) is 42.5 Å². The molecule has 0 atom stereocenters. The van der Waals surface area contributed by atoms with Crippen LogP contribution in [-0.4, -0.2) is 21.1 Å². The number of furan rings is 1. The number of aromatic nitrogens is 3. The highest BCUT2D eigenvalue weighted by atomic mass is 35.5. The fourth-order valence-corrected chi connectivity index (χ4v) is 2.34. The molecule has 0 radical (unpaired) electrons. The fourth-order valence-electron chi connectivity index (χ4n) is 1.73. The van der Waals surface area contributed by atoms with Crippen LogP contribution in [0.25, 0.3) is 0 Å². The molecule has 0 aliphatic rings. The van der Waals surface area contributed by atoms with Gasteiger partial charge >= 0.3 is 0 Å². The van der Waals surface area contributed by atoms with Crippen molar-refractivity contribution in [3.8, 4) is 5.75 Å². The summed E-state index contributed by atoms with van der Waals surface area (Å²) >= 11 is 16.9. The van der Waals surface area contributed by atoms with Crippen LogP contribution in [0.3, 0.4) is 0 Å². The van der Waals surface area contributed by atoms with E-state index < -0.39 is 0 Å². The topological polar surface area (TPSA) is 68.3 Å². The molecule has 0 bridgehead atoms. The Bertz CT molecular complexity index is 900. The van der Waals surface area contributed by atoms with Crippen LogP contribution in [-0.2, 0) is 6.61 Å². The quantitative estimate of drug-likeness (QED) is 0.538. The normalized spacial score (nSPS) is 11.2. The van der Waals surface area contributed by atoms with Crippen LogP contribution >= 0.6 is 35.4 Å². The van der Waals surface area contributed by atoms with Gasteiger partial charge in [0.2, 0.25) is 4.77 Å². The average Bonchev–Trinajstić information content (AvgIpc) is 3.13. The predicted octanol–water partition coefficient (Wildman–Crippen LogP) is 4.30. The van der Waals surface area contributed by atoms with E-state index in [0.717, 1.165) is 0 Å². The molecule has 0 unspecified atom stereocenters. The van der Waals surface area contributed by atoms with Gasteiger partial charge in [-0.2, -0.15) is 14.9 Å². The smallest absolute Gasteiger partial charge is 0.216 e. The standard InChI is InChI=1S/C14H10Cl2N4O2S/c15-9-1-4-13(12(16)5-9)21-7-11-3-2-10(22-11)6-18-20-8-17-19-14(20)23/h1-6,8H,7H2,(H,19,23)/b18-6-. The lowest BCUT2D eigenvalue weighted by atomic mass is 10.3. The Kier molecular flexibility index (Phi) is 4.80. The van der Waals surface area contributed by atoms with Crippen molar-refractivity contribution in [2.24, 2.45) is 5.10 Å². The van der Waals surface area contributed by atoms with Gasteiger partial charge in [0.1, 0.15) is 30.2 Å². The number of aromatic amines is 1. The minimum atomic E-state index is 0.236. The lowest BCUT2D eigenvalue weighted by molar-refractivity contribution is 0.270. The molecule has 9 heteroatoms. The molecule has 3 aromatic rings. The second-order valence-corrected chi connectivity index (χ2v) is 5.65. The molecule has 6 nitrogen and oxygen atoms in total. The second kappa shape index (κ2) is 6.99. The fraction of sp³-hybridized carbons (Fsp3) is 0.0714. The number of nitrogens with zero attached hydrogens (tertiary/aromatic N) is 3. The number of rotatable bonds is 5. The molecule has 0 aliphatic heterocycles. The van der Waals surface area contributed by atoms with Crippen LogP contribution in [0.2, 0.25) is 10.0 Å². The van der Waals surface area contributed by atoms with E-state index in [4.69, 9.17) is 44.6 Å². The van der Waals surface area contributed by atoms with Gasteiger partial charge in [-0.25, -0.2) is 0 Å². The van der Waals surface area contributed by atoms with Crippen molar-refractivity contribution < 1.29 is 9.15 Å². The summed E-state index contributed by atoms with van der Waals surface area (Å²) in [4.78, 5) is 0. The van der Waals surface area contributed by atoms with Crippen molar-refractivity contribution in [2.45, 2.75) is 6.61 Å². The Balaban J connectivity index is 1.64. The lowest BCUT2D eigenvalue weighted by Crippen LogP contribution is -1.94. The van der Waals surface area contributed by atoms with Crippen molar-refractivity contribution in [3.63, 3.8) is 0 Å². The highest BCUT2D eigenvalue weighted by Crippen LogP contribution is 2.28. The number of halogens is 2. The molecule has 0 saturated carbocycles. The first-order valence-electron chi connectivity index (χ1n) is 6.45. The lowest BCUT2D eigenvalue weighted by Gasteiger charge is -2.06. The van der Waals surface area contributed by atoms with Gasteiger partial charge in [-0.3, -0.25) is 5.10 Å². The maximum atomic E-state index is 6.04. The molecular formula is C14H10Cl2N4O2S. The van der Waals surface area contributed by atoms with Crippen LogP contribution in [0.5, 0.6) is 5.75 Å². The molecule has 3 rings (SSSR count). The summed E-state index contributed by atoms with van der Waals surface area (Å²) in [6.45, 7) is 0.236. The number of benzene rings is 1. The summed E-state index contributed by atoms with van der Waals surface area (Å²) in [5.41, 5.74) is 0. The largest absolute Gasteiger partial charge is 0.484 e. The monoisotopic (exact) mass is 368 g/mol. The van der Waals surface area contributed by atoms with E-state index in [1.54, 1.807) is 30.3 Å². The van der Waals surface area contributed by atoms with E-state index in [0.29, 0.717) is 32.1 Å². The van der Waals surface area contributed by atoms with Gasteiger partial charge in [-0.1, -0.05) is 23.2 Å². The first-order valence-corrected chi connectivity index (χ1v) is 7.61. The zero-order valence-corrected chi connectivity index (χ0v) is 13.9. The van der Waals surface area contributed by atoms with Crippen LogP contribution in [0, 0.1) is 4.77 Å². The summed E-state index contributed by atoms with van der Waals surface area (Å²) in [7, 11) is 0. The third-order valence-corrected chi connectivity index (χ3v) is 3.60. The summed E-state index contributed by atoms with van der Waals surface area (Å²) in [5, 5.41) is 11.5. The van der Waals surface area contributed by atoms with E-state index in [1.165, 1.54) is 17.2 Å². The van der Waals surface area contributed by atoms with Crippen LogP contribution in [0.4, 0.5) is 0 Å². The molecule has 2 heterocycles. The molecule has 23 heavy (non-hydrogen) atoms. The minimum absolute atomic E-state index is 0.236. The molecular weight excluding hydrogens is 359 g/mol. The summed E-state index contributed by atoms with van der Waals surface area (Å²) in [6, 6.07) is 8.59. The number of nitrogens with one attached hydrogen (secondary N) is 1. The highest BCUT2D eigenvalue weighted by molar-refractivity contribution is 7.71. The molecule has 118 valence electrons. The maximum Gasteiger partial charge on any atom is 0.216 e. The molecule has 0 amide bonds. The number of hydrogen-bond acceptors (Lipinski definition) is 5. The Morgan fingerprint density at radius 2 is 2.22 bits per heavy atom. The molecule has 2 aromatic heterocycles. The van der Waals surface area contributed by atoms with Crippen molar-refractivity contribution >= 4 is 41.6 Å². The number of H-pyrrole nitrogens is 1. The number of hydrogen-bond donors (Lipinski definition) is 1. The van der Waals surface area contributed by atoms with E-state index in [2.05, 4.69) is 15.3 Å². The van der Waals surface area contributed by atoms with Gasteiger partial charge in [-0.15, -0.1) is 0 Å². The van der Waals surface area contributed by atoms with Gasteiger partial charge in [0.05, 0.1) is 11.2 Å². The Morgan fingerprint density at radius 3 is 2.96 bits per heavy atom. The molecule has 0 aliphatic carbocycles. The Morgan fingerprint density at radius 1 is 1.35 bits per heavy atom. The van der Waals surface area contributed by atoms with Gasteiger partial charge in [0.15, 0.2) is 0 Å². The first-order chi connectivity index (χ1) is 11.1. The van der Waals surface area contributed by atoms with Crippen molar-refractivity contribution in [1.82, 2.24) is 14.9 Å². The summed E-state index contributed by atoms with van der Waals surface area (Å²) < 4.78 is 13.0. The Hall–Kier alpha value is -2.09. The molecule has 1 aromatic carbocycles. The van der Waals surface area contributed by atoms with Crippen LogP contribution in [0.1, 0.15) is 11.5 Å². The third kappa shape index (κ3) is 4.01. The first kappa shape index (κ1) is 15.8. The number of ether oxygens (including phenoxy) is 1. The van der Waals surface area contributed by atoms with E-state index >= 15 is 0 Å². The van der Waals surface area contributed by atoms with Crippen LogP contribution < -0.4 is 4.74 Å². The maximum absolute atomic E-state index is 6.04. The predicted molar refractivity (Wildman–Crippen MR) is 89.9 cm³/mol.